The molecule has 1 aliphatic heterocycles. The standard InChI is InChI=1S/C25H20ClN3O3S/c1-3-32-24(31)21-14(2)28-25-29(22(21)15-8-10-17(26)11-9-15)23(30)20(33-25)12-16-13-27-19-7-5-4-6-18(16)19/h4-13,22,27H,3H2,1-2H3/t22-/m1/s1. The van der Waals surface area contributed by atoms with Crippen LogP contribution < -0.4 is 14.9 Å². The lowest BCUT2D eigenvalue weighted by atomic mass is 9.96. The van der Waals surface area contributed by atoms with Crippen LogP contribution in [0.25, 0.3) is 17.0 Å². The zero-order chi connectivity index (χ0) is 23.1. The van der Waals surface area contributed by atoms with Gasteiger partial charge in [0.1, 0.15) is 0 Å². The van der Waals surface area contributed by atoms with E-state index in [-0.39, 0.29) is 12.2 Å². The van der Waals surface area contributed by atoms with Crippen molar-refractivity contribution in [2.24, 2.45) is 4.99 Å². The Labute approximate surface area is 198 Å². The molecule has 0 saturated heterocycles. The highest BCUT2D eigenvalue weighted by atomic mass is 35.5. The molecule has 0 amide bonds. The number of nitrogens with zero attached hydrogens (tertiary/aromatic N) is 2. The number of thiazole rings is 1. The van der Waals surface area contributed by atoms with Crippen molar-refractivity contribution in [3.63, 3.8) is 0 Å². The molecule has 0 saturated carbocycles. The molecule has 5 rings (SSSR count). The van der Waals surface area contributed by atoms with Crippen LogP contribution in [0.3, 0.4) is 0 Å². The summed E-state index contributed by atoms with van der Waals surface area (Å²) in [6.07, 6.45) is 3.75. The maximum Gasteiger partial charge on any atom is 0.338 e. The summed E-state index contributed by atoms with van der Waals surface area (Å²) in [6.45, 7) is 3.75. The first-order valence-corrected chi connectivity index (χ1v) is 11.7. The number of rotatable bonds is 4. The Hall–Kier alpha value is -3.42. The third-order valence-corrected chi connectivity index (χ3v) is 6.85. The number of benzene rings is 2. The number of para-hydroxylation sites is 1. The number of ether oxygens (including phenoxy) is 1. The van der Waals surface area contributed by atoms with Crippen LogP contribution in [0.5, 0.6) is 0 Å². The number of H-pyrrole nitrogens is 1. The lowest BCUT2D eigenvalue weighted by Gasteiger charge is -2.24. The van der Waals surface area contributed by atoms with Crippen LogP contribution in [-0.4, -0.2) is 22.1 Å². The average Bonchev–Trinajstić information content (AvgIpc) is 3.35. The van der Waals surface area contributed by atoms with E-state index in [4.69, 9.17) is 16.3 Å². The van der Waals surface area contributed by atoms with Crippen molar-refractivity contribution in [2.75, 3.05) is 6.61 Å². The summed E-state index contributed by atoms with van der Waals surface area (Å²) in [5.41, 5.74) is 3.35. The number of nitrogens with one attached hydrogen (secondary N) is 1. The minimum absolute atomic E-state index is 0.210. The van der Waals surface area contributed by atoms with Gasteiger partial charge < -0.3 is 9.72 Å². The Bertz CT molecular complexity index is 1590. The quantitative estimate of drug-likeness (QED) is 0.452. The summed E-state index contributed by atoms with van der Waals surface area (Å²) < 4.78 is 7.43. The van der Waals surface area contributed by atoms with Crippen LogP contribution in [0, 0.1) is 0 Å². The van der Waals surface area contributed by atoms with Gasteiger partial charge in [0.2, 0.25) is 0 Å². The summed E-state index contributed by atoms with van der Waals surface area (Å²) in [6, 6.07) is 14.4. The van der Waals surface area contributed by atoms with Crippen LogP contribution >= 0.6 is 22.9 Å². The number of hydrogen-bond donors (Lipinski definition) is 1. The Morgan fingerprint density at radius 1 is 1.24 bits per heavy atom. The molecular weight excluding hydrogens is 458 g/mol. The van der Waals surface area contributed by atoms with Crippen molar-refractivity contribution in [3.05, 3.63) is 102 Å². The van der Waals surface area contributed by atoms with Gasteiger partial charge >= 0.3 is 5.97 Å². The monoisotopic (exact) mass is 477 g/mol. The van der Waals surface area contributed by atoms with Crippen molar-refractivity contribution in [2.45, 2.75) is 19.9 Å². The van der Waals surface area contributed by atoms with Crippen LogP contribution in [0.1, 0.15) is 31.0 Å². The number of fused-ring (bicyclic) bond motifs is 2. The van der Waals surface area contributed by atoms with Gasteiger partial charge in [0.15, 0.2) is 4.80 Å². The zero-order valence-electron chi connectivity index (χ0n) is 18.0. The van der Waals surface area contributed by atoms with Gasteiger partial charge in [-0.3, -0.25) is 9.36 Å². The van der Waals surface area contributed by atoms with Gasteiger partial charge in [0, 0.05) is 27.7 Å². The van der Waals surface area contributed by atoms with E-state index in [9.17, 15) is 9.59 Å². The van der Waals surface area contributed by atoms with Gasteiger partial charge in [0.25, 0.3) is 5.56 Å². The molecule has 0 spiro atoms. The molecule has 2 aromatic heterocycles. The fraction of sp³-hybridized carbons (Fsp3) is 0.160. The van der Waals surface area contributed by atoms with Gasteiger partial charge in [-0.1, -0.05) is 53.3 Å². The van der Waals surface area contributed by atoms with Crippen LogP contribution in [0.15, 0.2) is 75.8 Å². The predicted octanol–water partition coefficient (Wildman–Crippen LogP) is 3.93. The highest BCUT2D eigenvalue weighted by Gasteiger charge is 2.33. The number of esters is 1. The highest BCUT2D eigenvalue weighted by molar-refractivity contribution is 7.07. The molecule has 0 radical (unpaired) electrons. The maximum atomic E-state index is 13.6. The lowest BCUT2D eigenvalue weighted by Crippen LogP contribution is -2.39. The summed E-state index contributed by atoms with van der Waals surface area (Å²) in [5, 5.41) is 1.60. The Morgan fingerprint density at radius 3 is 2.76 bits per heavy atom. The van der Waals surface area contributed by atoms with E-state index in [0.717, 1.165) is 22.0 Å². The number of aromatic amines is 1. The topological polar surface area (TPSA) is 76.4 Å². The molecule has 0 aliphatic carbocycles. The van der Waals surface area contributed by atoms with Crippen LogP contribution in [0.4, 0.5) is 0 Å². The van der Waals surface area contributed by atoms with Crippen molar-refractivity contribution in [1.82, 2.24) is 9.55 Å². The second-order valence-corrected chi connectivity index (χ2v) is 9.09. The molecule has 1 N–H and O–H groups in total. The number of aromatic nitrogens is 2. The SMILES string of the molecule is CCOC(=O)C1=C(C)N=c2sc(=Cc3c[nH]c4ccccc34)c(=O)n2[C@@H]1c1ccc(Cl)cc1. The normalized spacial score (nSPS) is 16.1. The Balaban J connectivity index is 1.74. The first kappa shape index (κ1) is 21.4. The Morgan fingerprint density at radius 2 is 2.00 bits per heavy atom. The molecule has 0 unspecified atom stereocenters. The molecule has 6 nitrogen and oxygen atoms in total. The van der Waals surface area contributed by atoms with Gasteiger partial charge in [0.05, 0.1) is 28.5 Å². The largest absolute Gasteiger partial charge is 0.463 e. The maximum absolute atomic E-state index is 13.6. The van der Waals surface area contributed by atoms with E-state index in [1.165, 1.54) is 11.3 Å². The van der Waals surface area contributed by atoms with Gasteiger partial charge in [-0.2, -0.15) is 0 Å². The van der Waals surface area contributed by atoms with Crippen molar-refractivity contribution in [1.29, 1.82) is 0 Å². The molecule has 1 aliphatic rings. The van der Waals surface area contributed by atoms with Gasteiger partial charge in [-0.05, 0) is 43.7 Å². The van der Waals surface area contributed by atoms with Crippen molar-refractivity contribution >= 4 is 45.9 Å². The molecule has 3 heterocycles. The molecule has 4 aromatic rings. The van der Waals surface area contributed by atoms with E-state index < -0.39 is 12.0 Å². The second kappa shape index (κ2) is 8.50. The predicted molar refractivity (Wildman–Crippen MR) is 130 cm³/mol. The fourth-order valence-electron chi connectivity index (χ4n) is 4.11. The highest BCUT2D eigenvalue weighted by Crippen LogP contribution is 2.31. The van der Waals surface area contributed by atoms with Gasteiger partial charge in [-0.25, -0.2) is 9.79 Å². The summed E-state index contributed by atoms with van der Waals surface area (Å²) >= 11 is 7.40. The minimum atomic E-state index is -0.650. The molecule has 1 atom stereocenters. The van der Waals surface area contributed by atoms with E-state index in [1.807, 2.05) is 48.7 Å². The van der Waals surface area contributed by atoms with E-state index in [2.05, 4.69) is 9.98 Å². The summed E-state index contributed by atoms with van der Waals surface area (Å²) in [5.74, 6) is -0.482. The summed E-state index contributed by atoms with van der Waals surface area (Å²) in [4.78, 5) is 34.9. The second-order valence-electron chi connectivity index (χ2n) is 7.64. The molecule has 33 heavy (non-hydrogen) atoms. The third kappa shape index (κ3) is 3.73. The number of halogens is 1. The summed E-state index contributed by atoms with van der Waals surface area (Å²) in [7, 11) is 0. The third-order valence-electron chi connectivity index (χ3n) is 5.61. The molecule has 8 heteroatoms. The van der Waals surface area contributed by atoms with Gasteiger partial charge in [-0.15, -0.1) is 0 Å². The number of hydrogen-bond acceptors (Lipinski definition) is 5. The fourth-order valence-corrected chi connectivity index (χ4v) is 5.27. The van der Waals surface area contributed by atoms with E-state index >= 15 is 0 Å². The van der Waals surface area contributed by atoms with E-state index in [1.54, 1.807) is 30.5 Å². The Kier molecular flexibility index (Phi) is 5.52. The number of carbonyl (C=O) groups is 1. The minimum Gasteiger partial charge on any atom is -0.463 e. The van der Waals surface area contributed by atoms with Crippen LogP contribution in [-0.2, 0) is 9.53 Å². The molecule has 2 aromatic carbocycles. The molecular formula is C25H20ClN3O3S. The number of carbonyl (C=O) groups excluding carboxylic acids is 1. The molecule has 166 valence electrons. The molecule has 0 bridgehead atoms. The lowest BCUT2D eigenvalue weighted by molar-refractivity contribution is -0.139. The number of allylic oxidation sites excluding steroid dienone is 1. The smallest absolute Gasteiger partial charge is 0.338 e. The average molecular weight is 478 g/mol. The van der Waals surface area contributed by atoms with Crippen molar-refractivity contribution in [3.8, 4) is 0 Å². The first-order chi connectivity index (χ1) is 16.0. The molecule has 0 fully saturated rings. The van der Waals surface area contributed by atoms with Crippen LogP contribution in [0.2, 0.25) is 5.02 Å². The van der Waals surface area contributed by atoms with Crippen molar-refractivity contribution < 1.29 is 9.53 Å². The van der Waals surface area contributed by atoms with E-state index in [0.29, 0.717) is 25.6 Å². The first-order valence-electron chi connectivity index (χ1n) is 10.5. The zero-order valence-corrected chi connectivity index (χ0v) is 19.5.